The highest BCUT2D eigenvalue weighted by Gasteiger charge is 2.22. The standard InChI is InChI=1S/C15H21ClN2O2/c1-11-7-12(4-5-14(11)16)8-17-15(20)18-6-2-3-13(9-18)10-19/h4-5,7,13,19H,2-3,6,8-10H2,1H3,(H,17,20)/t13-/m0/s1. The molecule has 110 valence electrons. The summed E-state index contributed by atoms with van der Waals surface area (Å²) in [6.07, 6.45) is 1.95. The second kappa shape index (κ2) is 6.95. The van der Waals surface area contributed by atoms with Gasteiger partial charge in [0.05, 0.1) is 0 Å². The molecule has 1 fully saturated rings. The molecular formula is C15H21ClN2O2. The zero-order chi connectivity index (χ0) is 14.5. The highest BCUT2D eigenvalue weighted by atomic mass is 35.5. The molecule has 1 aliphatic heterocycles. The van der Waals surface area contributed by atoms with Gasteiger partial charge in [-0.05, 0) is 42.9 Å². The van der Waals surface area contributed by atoms with Gasteiger partial charge < -0.3 is 15.3 Å². The van der Waals surface area contributed by atoms with Gasteiger partial charge in [0.2, 0.25) is 0 Å². The van der Waals surface area contributed by atoms with Gasteiger partial charge in [-0.15, -0.1) is 0 Å². The van der Waals surface area contributed by atoms with Crippen LogP contribution in [0.1, 0.15) is 24.0 Å². The van der Waals surface area contributed by atoms with Crippen molar-refractivity contribution < 1.29 is 9.90 Å². The summed E-state index contributed by atoms with van der Waals surface area (Å²) in [5.74, 6) is 0.215. The van der Waals surface area contributed by atoms with Crippen molar-refractivity contribution in [3.63, 3.8) is 0 Å². The Bertz CT molecular complexity index is 479. The summed E-state index contributed by atoms with van der Waals surface area (Å²) in [6.45, 7) is 4.01. The van der Waals surface area contributed by atoms with Crippen LogP contribution >= 0.6 is 11.6 Å². The van der Waals surface area contributed by atoms with E-state index in [4.69, 9.17) is 11.6 Å². The first-order valence-electron chi connectivity index (χ1n) is 6.99. The second-order valence-electron chi connectivity index (χ2n) is 5.38. The zero-order valence-corrected chi connectivity index (χ0v) is 12.5. The molecule has 1 saturated heterocycles. The molecule has 4 nitrogen and oxygen atoms in total. The summed E-state index contributed by atoms with van der Waals surface area (Å²) in [5, 5.41) is 12.8. The third kappa shape index (κ3) is 3.87. The van der Waals surface area contributed by atoms with E-state index in [2.05, 4.69) is 5.32 Å². The van der Waals surface area contributed by atoms with Crippen molar-refractivity contribution in [1.29, 1.82) is 0 Å². The van der Waals surface area contributed by atoms with E-state index in [0.717, 1.165) is 35.5 Å². The van der Waals surface area contributed by atoms with E-state index in [1.54, 1.807) is 4.90 Å². The maximum atomic E-state index is 12.1. The number of likely N-dealkylation sites (tertiary alicyclic amines) is 1. The van der Waals surface area contributed by atoms with Crippen LogP contribution in [0.15, 0.2) is 18.2 Å². The van der Waals surface area contributed by atoms with Crippen molar-refractivity contribution in [3.05, 3.63) is 34.3 Å². The average Bonchev–Trinajstić information content (AvgIpc) is 2.48. The van der Waals surface area contributed by atoms with Crippen LogP contribution in [0.4, 0.5) is 4.79 Å². The molecule has 0 bridgehead atoms. The van der Waals surface area contributed by atoms with Crippen LogP contribution in [-0.4, -0.2) is 35.7 Å². The van der Waals surface area contributed by atoms with Crippen molar-refractivity contribution >= 4 is 17.6 Å². The van der Waals surface area contributed by atoms with Gasteiger partial charge in [0.1, 0.15) is 0 Å². The average molecular weight is 297 g/mol. The minimum Gasteiger partial charge on any atom is -0.396 e. The van der Waals surface area contributed by atoms with Crippen molar-refractivity contribution in [2.45, 2.75) is 26.3 Å². The number of aliphatic hydroxyl groups is 1. The van der Waals surface area contributed by atoms with Gasteiger partial charge in [-0.1, -0.05) is 23.7 Å². The fraction of sp³-hybridized carbons (Fsp3) is 0.533. The first kappa shape index (κ1) is 15.1. The van der Waals surface area contributed by atoms with Gasteiger partial charge in [0, 0.05) is 31.3 Å². The SMILES string of the molecule is Cc1cc(CNC(=O)N2CCC[C@H](CO)C2)ccc1Cl. The molecular weight excluding hydrogens is 276 g/mol. The van der Waals surface area contributed by atoms with E-state index in [1.165, 1.54) is 0 Å². The van der Waals surface area contributed by atoms with Crippen LogP contribution in [0.3, 0.4) is 0 Å². The van der Waals surface area contributed by atoms with Gasteiger partial charge in [-0.25, -0.2) is 4.79 Å². The summed E-state index contributed by atoms with van der Waals surface area (Å²) in [7, 11) is 0. The lowest BCUT2D eigenvalue weighted by atomic mass is 9.99. The van der Waals surface area contributed by atoms with E-state index in [1.807, 2.05) is 25.1 Å². The number of amides is 2. The number of urea groups is 1. The predicted octanol–water partition coefficient (Wildman–Crippen LogP) is 2.56. The molecule has 0 aliphatic carbocycles. The Hall–Kier alpha value is -1.26. The van der Waals surface area contributed by atoms with Crippen molar-refractivity contribution in [3.8, 4) is 0 Å². The van der Waals surface area contributed by atoms with Crippen LogP contribution in [-0.2, 0) is 6.54 Å². The van der Waals surface area contributed by atoms with Crippen molar-refractivity contribution in [2.24, 2.45) is 5.92 Å². The third-order valence-corrected chi connectivity index (χ3v) is 4.15. The molecule has 2 rings (SSSR count). The van der Waals surface area contributed by atoms with Gasteiger partial charge in [0.25, 0.3) is 0 Å². The summed E-state index contributed by atoms with van der Waals surface area (Å²) in [5.41, 5.74) is 2.05. The molecule has 2 amide bonds. The first-order chi connectivity index (χ1) is 9.60. The molecule has 1 aromatic carbocycles. The smallest absolute Gasteiger partial charge is 0.317 e. The number of carbonyl (C=O) groups excluding carboxylic acids is 1. The van der Waals surface area contributed by atoms with Gasteiger partial charge in [0.15, 0.2) is 0 Å². The number of halogens is 1. The van der Waals surface area contributed by atoms with Gasteiger partial charge >= 0.3 is 6.03 Å². The fourth-order valence-electron chi connectivity index (χ4n) is 2.50. The highest BCUT2D eigenvalue weighted by molar-refractivity contribution is 6.31. The topological polar surface area (TPSA) is 52.6 Å². The molecule has 5 heteroatoms. The van der Waals surface area contributed by atoms with Crippen molar-refractivity contribution in [2.75, 3.05) is 19.7 Å². The maximum absolute atomic E-state index is 12.1. The van der Waals surface area contributed by atoms with Crippen LogP contribution < -0.4 is 5.32 Å². The molecule has 20 heavy (non-hydrogen) atoms. The van der Waals surface area contributed by atoms with E-state index >= 15 is 0 Å². The van der Waals surface area contributed by atoms with Crippen LogP contribution in [0.2, 0.25) is 5.02 Å². The van der Waals surface area contributed by atoms with Gasteiger partial charge in [-0.3, -0.25) is 0 Å². The summed E-state index contributed by atoms with van der Waals surface area (Å²) in [6, 6.07) is 5.69. The Labute approximate surface area is 124 Å². The van der Waals surface area contributed by atoms with Crippen molar-refractivity contribution in [1.82, 2.24) is 10.2 Å². The molecule has 1 heterocycles. The Morgan fingerprint density at radius 3 is 3.05 bits per heavy atom. The molecule has 0 saturated carbocycles. The Morgan fingerprint density at radius 2 is 2.35 bits per heavy atom. The number of carbonyl (C=O) groups is 1. The minimum absolute atomic E-state index is 0.0595. The number of nitrogens with one attached hydrogen (secondary N) is 1. The fourth-order valence-corrected chi connectivity index (χ4v) is 2.62. The van der Waals surface area contributed by atoms with Gasteiger partial charge in [-0.2, -0.15) is 0 Å². The second-order valence-corrected chi connectivity index (χ2v) is 5.79. The first-order valence-corrected chi connectivity index (χ1v) is 7.36. The Balaban J connectivity index is 1.86. The molecule has 1 atom stereocenters. The zero-order valence-electron chi connectivity index (χ0n) is 11.7. The van der Waals surface area contributed by atoms with E-state index in [-0.39, 0.29) is 18.6 Å². The summed E-state index contributed by atoms with van der Waals surface area (Å²) < 4.78 is 0. The number of rotatable bonds is 3. The number of nitrogens with zero attached hydrogens (tertiary/aromatic N) is 1. The normalized spacial score (nSPS) is 18.9. The molecule has 1 aliphatic rings. The van der Waals surface area contributed by atoms with E-state index in [0.29, 0.717) is 13.1 Å². The number of hydrogen-bond donors (Lipinski definition) is 2. The molecule has 0 spiro atoms. The molecule has 0 aromatic heterocycles. The lowest BCUT2D eigenvalue weighted by Gasteiger charge is -2.31. The lowest BCUT2D eigenvalue weighted by molar-refractivity contribution is 0.129. The summed E-state index contributed by atoms with van der Waals surface area (Å²) >= 11 is 5.98. The third-order valence-electron chi connectivity index (χ3n) is 3.73. The quantitative estimate of drug-likeness (QED) is 0.901. The Kier molecular flexibility index (Phi) is 5.26. The Morgan fingerprint density at radius 1 is 1.55 bits per heavy atom. The summed E-state index contributed by atoms with van der Waals surface area (Å²) in [4.78, 5) is 13.9. The lowest BCUT2D eigenvalue weighted by Crippen LogP contribution is -2.45. The van der Waals surface area contributed by atoms with E-state index in [9.17, 15) is 9.90 Å². The number of hydrogen-bond acceptors (Lipinski definition) is 2. The molecule has 0 unspecified atom stereocenters. The number of aryl methyl sites for hydroxylation is 1. The van der Waals surface area contributed by atoms with Crippen LogP contribution in [0.5, 0.6) is 0 Å². The largest absolute Gasteiger partial charge is 0.396 e. The number of piperidine rings is 1. The molecule has 2 N–H and O–H groups in total. The highest BCUT2D eigenvalue weighted by Crippen LogP contribution is 2.17. The maximum Gasteiger partial charge on any atom is 0.317 e. The minimum atomic E-state index is -0.0595. The number of aliphatic hydroxyl groups excluding tert-OH is 1. The molecule has 0 radical (unpaired) electrons. The van der Waals surface area contributed by atoms with Crippen LogP contribution in [0.25, 0.3) is 0 Å². The van der Waals surface area contributed by atoms with Crippen LogP contribution in [0, 0.1) is 12.8 Å². The molecule has 1 aromatic rings. The number of benzene rings is 1. The monoisotopic (exact) mass is 296 g/mol. The predicted molar refractivity (Wildman–Crippen MR) is 79.8 cm³/mol. The van der Waals surface area contributed by atoms with E-state index < -0.39 is 0 Å².